The number of rotatable bonds is 8. The molecule has 30 heavy (non-hydrogen) atoms. The molecule has 0 aliphatic rings. The van der Waals surface area contributed by atoms with Gasteiger partial charge in [0.05, 0.1) is 31.2 Å². The van der Waals surface area contributed by atoms with Crippen molar-refractivity contribution in [3.8, 4) is 11.5 Å². The summed E-state index contributed by atoms with van der Waals surface area (Å²) in [4.78, 5) is 36.3. The predicted molar refractivity (Wildman–Crippen MR) is 113 cm³/mol. The van der Waals surface area contributed by atoms with Crippen LogP contribution in [0.2, 0.25) is 0 Å². The van der Waals surface area contributed by atoms with Gasteiger partial charge in [-0.05, 0) is 39.8 Å². The predicted octanol–water partition coefficient (Wildman–Crippen LogP) is 3.55. The van der Waals surface area contributed by atoms with Gasteiger partial charge in [0.25, 0.3) is 5.91 Å². The maximum Gasteiger partial charge on any atom is 0.397 e. The van der Waals surface area contributed by atoms with E-state index in [-0.39, 0.29) is 24.0 Å². The number of benzene rings is 2. The number of hydrogen-bond donors (Lipinski definition) is 2. The molecule has 2 aromatic carbocycles. The zero-order valence-electron chi connectivity index (χ0n) is 17.5. The molecule has 0 unspecified atom stereocenters. The molecule has 0 aliphatic carbocycles. The Morgan fingerprint density at radius 1 is 0.800 bits per heavy atom. The minimum absolute atomic E-state index is 0.0821. The number of carbonyl (C=O) groups is 3. The second-order valence-corrected chi connectivity index (χ2v) is 6.21. The highest BCUT2D eigenvalue weighted by atomic mass is 16.5. The van der Waals surface area contributed by atoms with Gasteiger partial charge in [0, 0.05) is 17.7 Å². The van der Waals surface area contributed by atoms with Crippen molar-refractivity contribution >= 4 is 29.2 Å². The molecule has 0 atom stereocenters. The Morgan fingerprint density at radius 2 is 1.33 bits per heavy atom. The Kier molecular flexibility index (Phi) is 8.22. The van der Waals surface area contributed by atoms with Crippen LogP contribution in [0.5, 0.6) is 11.5 Å². The lowest BCUT2D eigenvalue weighted by Gasteiger charge is -2.17. The van der Waals surface area contributed by atoms with Crippen molar-refractivity contribution in [2.24, 2.45) is 0 Å². The van der Waals surface area contributed by atoms with Gasteiger partial charge >= 0.3 is 11.9 Å². The second kappa shape index (κ2) is 10.8. The van der Waals surface area contributed by atoms with Crippen LogP contribution in [0.3, 0.4) is 0 Å². The molecule has 0 bridgehead atoms. The molecule has 160 valence electrons. The van der Waals surface area contributed by atoms with Gasteiger partial charge in [-0.2, -0.15) is 0 Å². The van der Waals surface area contributed by atoms with Crippen molar-refractivity contribution in [3.63, 3.8) is 0 Å². The molecule has 0 saturated carbocycles. The Morgan fingerprint density at radius 3 is 1.83 bits per heavy atom. The zero-order valence-corrected chi connectivity index (χ0v) is 17.5. The smallest absolute Gasteiger partial charge is 0.397 e. The van der Waals surface area contributed by atoms with Crippen molar-refractivity contribution in [2.75, 3.05) is 30.5 Å². The fraction of sp³-hybridized carbons (Fsp3) is 0.318. The van der Waals surface area contributed by atoms with Crippen LogP contribution in [0.4, 0.5) is 11.4 Å². The Bertz CT molecular complexity index is 909. The first-order valence-corrected chi connectivity index (χ1v) is 9.69. The third-order valence-corrected chi connectivity index (χ3v) is 3.95. The summed E-state index contributed by atoms with van der Waals surface area (Å²) in [5.41, 5.74) is 2.13. The number of carbonyl (C=O) groups excluding carboxylic acids is 3. The third kappa shape index (κ3) is 5.97. The quantitative estimate of drug-likeness (QED) is 0.506. The van der Waals surface area contributed by atoms with Crippen LogP contribution in [-0.4, -0.2) is 37.6 Å². The van der Waals surface area contributed by atoms with E-state index in [1.54, 1.807) is 39.0 Å². The molecule has 0 radical (unpaired) electrons. The number of ether oxygens (including phenoxy) is 3. The number of hydrogen-bond acceptors (Lipinski definition) is 6. The molecule has 0 aliphatic heterocycles. The maximum atomic E-state index is 12.6. The first kappa shape index (κ1) is 22.7. The van der Waals surface area contributed by atoms with Crippen LogP contribution in [-0.2, 0) is 14.3 Å². The summed E-state index contributed by atoms with van der Waals surface area (Å²) in [7, 11) is 0. The normalized spacial score (nSPS) is 10.1. The molecule has 0 saturated heterocycles. The lowest BCUT2D eigenvalue weighted by molar-refractivity contribution is -0.152. The maximum absolute atomic E-state index is 12.6. The molecule has 8 heteroatoms. The molecule has 8 nitrogen and oxygen atoms in total. The lowest BCUT2D eigenvalue weighted by atomic mass is 10.1. The van der Waals surface area contributed by atoms with E-state index in [0.29, 0.717) is 30.2 Å². The average Bonchev–Trinajstić information content (AvgIpc) is 2.71. The minimum atomic E-state index is -1.00. The molecule has 2 aromatic rings. The van der Waals surface area contributed by atoms with Gasteiger partial charge in [-0.25, -0.2) is 4.79 Å². The Balaban J connectivity index is 2.36. The van der Waals surface area contributed by atoms with E-state index in [0.717, 1.165) is 5.56 Å². The lowest BCUT2D eigenvalue weighted by Crippen LogP contribution is -2.25. The van der Waals surface area contributed by atoms with E-state index < -0.39 is 11.9 Å². The Labute approximate surface area is 175 Å². The van der Waals surface area contributed by atoms with Crippen molar-refractivity contribution in [1.82, 2.24) is 0 Å². The Hall–Kier alpha value is -3.55. The summed E-state index contributed by atoms with van der Waals surface area (Å²) in [6.45, 7) is 7.83. The second-order valence-electron chi connectivity index (χ2n) is 6.21. The average molecular weight is 414 g/mol. The van der Waals surface area contributed by atoms with Gasteiger partial charge in [0.1, 0.15) is 11.5 Å². The van der Waals surface area contributed by atoms with E-state index in [1.807, 2.05) is 19.1 Å². The fourth-order valence-electron chi connectivity index (χ4n) is 2.57. The molecule has 2 rings (SSSR count). The van der Waals surface area contributed by atoms with E-state index in [9.17, 15) is 14.4 Å². The SMILES string of the molecule is CCOC(=O)C(=O)Nc1cc(OCC)c(NC(=O)c2ccc(C)cc2)cc1OCC. The fourth-order valence-corrected chi connectivity index (χ4v) is 2.57. The number of anilines is 2. The van der Waals surface area contributed by atoms with Crippen molar-refractivity contribution < 1.29 is 28.6 Å². The molecule has 0 heterocycles. The number of amides is 2. The summed E-state index contributed by atoms with van der Waals surface area (Å²) in [5, 5.41) is 5.27. The molecular weight excluding hydrogens is 388 g/mol. The van der Waals surface area contributed by atoms with Gasteiger partial charge in [-0.15, -0.1) is 0 Å². The highest BCUT2D eigenvalue weighted by Gasteiger charge is 2.20. The summed E-state index contributed by atoms with van der Waals surface area (Å²) in [6.07, 6.45) is 0. The number of esters is 1. The van der Waals surface area contributed by atoms with Crippen LogP contribution in [0.15, 0.2) is 36.4 Å². The first-order chi connectivity index (χ1) is 14.4. The van der Waals surface area contributed by atoms with Crippen LogP contribution >= 0.6 is 0 Å². The largest absolute Gasteiger partial charge is 0.492 e. The highest BCUT2D eigenvalue weighted by Crippen LogP contribution is 2.37. The van der Waals surface area contributed by atoms with Crippen molar-refractivity contribution in [2.45, 2.75) is 27.7 Å². The van der Waals surface area contributed by atoms with Crippen LogP contribution in [0.25, 0.3) is 0 Å². The molecule has 0 aromatic heterocycles. The monoisotopic (exact) mass is 414 g/mol. The standard InChI is InChI=1S/C22H26N2O6/c1-5-28-18-13-17(24-21(26)22(27)30-7-3)19(29-6-2)12-16(18)23-20(25)15-10-8-14(4)9-11-15/h8-13H,5-7H2,1-4H3,(H,23,25)(H,24,26). The highest BCUT2D eigenvalue weighted by molar-refractivity contribution is 6.37. The molecule has 2 N–H and O–H groups in total. The summed E-state index contributed by atoms with van der Waals surface area (Å²) >= 11 is 0. The van der Waals surface area contributed by atoms with Gasteiger partial charge < -0.3 is 24.8 Å². The van der Waals surface area contributed by atoms with E-state index >= 15 is 0 Å². The molecule has 2 amide bonds. The van der Waals surface area contributed by atoms with E-state index in [1.165, 1.54) is 6.07 Å². The minimum Gasteiger partial charge on any atom is -0.492 e. The topological polar surface area (TPSA) is 103 Å². The van der Waals surface area contributed by atoms with Gasteiger partial charge in [-0.3, -0.25) is 9.59 Å². The molecular formula is C22H26N2O6. The number of aryl methyl sites for hydroxylation is 1. The van der Waals surface area contributed by atoms with Crippen LogP contribution in [0, 0.1) is 6.92 Å². The van der Waals surface area contributed by atoms with Gasteiger partial charge in [-0.1, -0.05) is 17.7 Å². The first-order valence-electron chi connectivity index (χ1n) is 9.69. The number of nitrogens with one attached hydrogen (secondary N) is 2. The summed E-state index contributed by atoms with van der Waals surface area (Å²) in [6, 6.07) is 10.2. The van der Waals surface area contributed by atoms with Crippen LogP contribution in [0.1, 0.15) is 36.7 Å². The van der Waals surface area contributed by atoms with Gasteiger partial charge in [0.2, 0.25) is 0 Å². The van der Waals surface area contributed by atoms with E-state index in [2.05, 4.69) is 10.6 Å². The van der Waals surface area contributed by atoms with E-state index in [4.69, 9.17) is 14.2 Å². The molecule has 0 fully saturated rings. The summed E-state index contributed by atoms with van der Waals surface area (Å²) < 4.78 is 15.9. The summed E-state index contributed by atoms with van der Waals surface area (Å²) in [5.74, 6) is -1.66. The van der Waals surface area contributed by atoms with Gasteiger partial charge in [0.15, 0.2) is 0 Å². The third-order valence-electron chi connectivity index (χ3n) is 3.95. The molecule has 0 spiro atoms. The van der Waals surface area contributed by atoms with Crippen LogP contribution < -0.4 is 20.1 Å². The zero-order chi connectivity index (χ0) is 22.1. The van der Waals surface area contributed by atoms with Crippen molar-refractivity contribution in [3.05, 3.63) is 47.5 Å². The van der Waals surface area contributed by atoms with Crippen molar-refractivity contribution in [1.29, 1.82) is 0 Å².